The van der Waals surface area contributed by atoms with E-state index in [1.54, 1.807) is 6.92 Å². The van der Waals surface area contributed by atoms with E-state index < -0.39 is 0 Å². The number of carbonyl (C=O) groups excluding carboxylic acids is 1. The van der Waals surface area contributed by atoms with Crippen molar-refractivity contribution in [2.24, 2.45) is 0 Å². The first-order chi connectivity index (χ1) is 9.24. The predicted octanol–water partition coefficient (Wildman–Crippen LogP) is 0.335. The van der Waals surface area contributed by atoms with Gasteiger partial charge in [-0.2, -0.15) is 0 Å². The highest BCUT2D eigenvalue weighted by Gasteiger charge is 2.16. The van der Waals surface area contributed by atoms with Crippen molar-refractivity contribution in [3.63, 3.8) is 0 Å². The Kier molecular flexibility index (Phi) is 5.30. The summed E-state index contributed by atoms with van der Waals surface area (Å²) >= 11 is 0. The van der Waals surface area contributed by atoms with Crippen LogP contribution >= 0.6 is 0 Å². The third kappa shape index (κ3) is 4.96. The van der Waals surface area contributed by atoms with Crippen LogP contribution in [-0.2, 0) is 11.3 Å². The largest absolute Gasteiger partial charge is 0.355 e. The Bertz CT molecular complexity index is 388. The van der Waals surface area contributed by atoms with E-state index in [9.17, 15) is 4.79 Å². The number of nitrogens with one attached hydrogen (secondary N) is 1. The maximum absolute atomic E-state index is 10.8. The lowest BCUT2D eigenvalue weighted by Gasteiger charge is -2.34. The highest BCUT2D eigenvalue weighted by molar-refractivity contribution is 5.72. The number of nitrogens with zero attached hydrogens (tertiary/aromatic N) is 3. The van der Waals surface area contributed by atoms with Gasteiger partial charge in [-0.05, 0) is 17.7 Å². The van der Waals surface area contributed by atoms with Crippen LogP contribution in [0.25, 0.3) is 0 Å². The molecule has 1 saturated heterocycles. The van der Waals surface area contributed by atoms with Crippen LogP contribution in [-0.4, -0.2) is 60.0 Å². The Morgan fingerprint density at radius 2 is 1.84 bits per heavy atom. The molecule has 0 spiro atoms. The fourth-order valence-electron chi connectivity index (χ4n) is 2.31. The molecule has 19 heavy (non-hydrogen) atoms. The molecule has 0 bridgehead atoms. The average molecular weight is 262 g/mol. The molecule has 2 heterocycles. The van der Waals surface area contributed by atoms with Gasteiger partial charge in [-0.15, -0.1) is 0 Å². The number of rotatable bonds is 5. The van der Waals surface area contributed by atoms with Crippen molar-refractivity contribution in [1.82, 2.24) is 20.1 Å². The first kappa shape index (κ1) is 14.0. The number of piperazine rings is 1. The second kappa shape index (κ2) is 7.21. The second-order valence-corrected chi connectivity index (χ2v) is 4.96. The van der Waals surface area contributed by atoms with Crippen LogP contribution < -0.4 is 5.32 Å². The quantitative estimate of drug-likeness (QED) is 0.831. The third-order valence-electron chi connectivity index (χ3n) is 3.42. The molecule has 5 heteroatoms. The molecule has 1 N–H and O–H groups in total. The van der Waals surface area contributed by atoms with Crippen LogP contribution in [0.5, 0.6) is 0 Å². The van der Waals surface area contributed by atoms with Gasteiger partial charge in [0, 0.05) is 65.1 Å². The summed E-state index contributed by atoms with van der Waals surface area (Å²) in [5.41, 5.74) is 1.32. The van der Waals surface area contributed by atoms with Gasteiger partial charge in [0.15, 0.2) is 0 Å². The van der Waals surface area contributed by atoms with E-state index in [2.05, 4.69) is 32.2 Å². The molecule has 0 radical (unpaired) electrons. The van der Waals surface area contributed by atoms with E-state index in [0.29, 0.717) is 0 Å². The zero-order valence-corrected chi connectivity index (χ0v) is 11.5. The van der Waals surface area contributed by atoms with Gasteiger partial charge in [0.1, 0.15) is 0 Å². The van der Waals surface area contributed by atoms with Crippen molar-refractivity contribution >= 4 is 5.91 Å². The lowest BCUT2D eigenvalue weighted by molar-refractivity contribution is -0.119. The van der Waals surface area contributed by atoms with Gasteiger partial charge in [-0.3, -0.25) is 19.6 Å². The van der Waals surface area contributed by atoms with Crippen LogP contribution in [0.2, 0.25) is 0 Å². The molecule has 0 unspecified atom stereocenters. The van der Waals surface area contributed by atoms with Crippen LogP contribution in [0.15, 0.2) is 24.5 Å². The standard InChI is InChI=1S/C14H22N4O/c1-13(19)16-6-7-17-8-10-18(11-9-17)12-14-2-4-15-5-3-14/h2-5H,6-12H2,1H3,(H,16,19). The van der Waals surface area contributed by atoms with Crippen molar-refractivity contribution in [3.8, 4) is 0 Å². The topological polar surface area (TPSA) is 48.5 Å². The maximum atomic E-state index is 10.8. The molecule has 1 amide bonds. The minimum absolute atomic E-state index is 0.0522. The summed E-state index contributed by atoms with van der Waals surface area (Å²) in [6.45, 7) is 8.58. The van der Waals surface area contributed by atoms with Crippen molar-refractivity contribution < 1.29 is 4.79 Å². The van der Waals surface area contributed by atoms with Crippen molar-refractivity contribution in [3.05, 3.63) is 30.1 Å². The van der Waals surface area contributed by atoms with E-state index >= 15 is 0 Å². The third-order valence-corrected chi connectivity index (χ3v) is 3.42. The molecular weight excluding hydrogens is 240 g/mol. The monoisotopic (exact) mass is 262 g/mol. The molecule has 1 aromatic rings. The van der Waals surface area contributed by atoms with E-state index in [1.807, 2.05) is 12.4 Å². The maximum Gasteiger partial charge on any atom is 0.216 e. The SMILES string of the molecule is CC(=O)NCCN1CCN(Cc2ccncc2)CC1. The van der Waals surface area contributed by atoms with Gasteiger partial charge < -0.3 is 5.32 Å². The number of pyridine rings is 1. The second-order valence-electron chi connectivity index (χ2n) is 4.96. The minimum atomic E-state index is 0.0522. The van der Waals surface area contributed by atoms with Crippen LogP contribution in [0, 0.1) is 0 Å². The van der Waals surface area contributed by atoms with Gasteiger partial charge in [0.05, 0.1) is 0 Å². The Morgan fingerprint density at radius 3 is 2.47 bits per heavy atom. The van der Waals surface area contributed by atoms with E-state index in [4.69, 9.17) is 0 Å². The number of carbonyl (C=O) groups is 1. The first-order valence-corrected chi connectivity index (χ1v) is 6.82. The number of hydrogen-bond acceptors (Lipinski definition) is 4. The molecule has 0 atom stereocenters. The summed E-state index contributed by atoms with van der Waals surface area (Å²) in [6.07, 6.45) is 3.69. The van der Waals surface area contributed by atoms with Crippen molar-refractivity contribution in [1.29, 1.82) is 0 Å². The smallest absolute Gasteiger partial charge is 0.216 e. The highest BCUT2D eigenvalue weighted by atomic mass is 16.1. The number of hydrogen-bond donors (Lipinski definition) is 1. The highest BCUT2D eigenvalue weighted by Crippen LogP contribution is 2.07. The zero-order valence-electron chi connectivity index (χ0n) is 11.5. The Morgan fingerprint density at radius 1 is 1.21 bits per heavy atom. The van der Waals surface area contributed by atoms with E-state index in [1.165, 1.54) is 5.56 Å². The fourth-order valence-corrected chi connectivity index (χ4v) is 2.31. The van der Waals surface area contributed by atoms with Gasteiger partial charge >= 0.3 is 0 Å². The number of aromatic nitrogens is 1. The lowest BCUT2D eigenvalue weighted by atomic mass is 10.2. The average Bonchev–Trinajstić information content (AvgIpc) is 2.42. The molecular formula is C14H22N4O. The zero-order chi connectivity index (χ0) is 13.5. The van der Waals surface area contributed by atoms with Crippen LogP contribution in [0.3, 0.4) is 0 Å². The van der Waals surface area contributed by atoms with Crippen LogP contribution in [0.1, 0.15) is 12.5 Å². The predicted molar refractivity (Wildman–Crippen MR) is 74.6 cm³/mol. The first-order valence-electron chi connectivity index (χ1n) is 6.82. The summed E-state index contributed by atoms with van der Waals surface area (Å²) in [4.78, 5) is 19.7. The molecule has 1 aliphatic heterocycles. The summed E-state index contributed by atoms with van der Waals surface area (Å²) in [5.74, 6) is 0.0522. The molecule has 0 aromatic carbocycles. The van der Waals surface area contributed by atoms with E-state index in [-0.39, 0.29) is 5.91 Å². The van der Waals surface area contributed by atoms with Gasteiger partial charge in [-0.1, -0.05) is 0 Å². The molecule has 0 aliphatic carbocycles. The molecule has 5 nitrogen and oxygen atoms in total. The van der Waals surface area contributed by atoms with Gasteiger partial charge in [0.25, 0.3) is 0 Å². The molecule has 2 rings (SSSR count). The van der Waals surface area contributed by atoms with Crippen molar-refractivity contribution in [2.45, 2.75) is 13.5 Å². The summed E-state index contributed by atoms with van der Waals surface area (Å²) in [7, 11) is 0. The minimum Gasteiger partial charge on any atom is -0.355 e. The molecule has 1 aromatic heterocycles. The van der Waals surface area contributed by atoms with E-state index in [0.717, 1.165) is 45.8 Å². The number of amides is 1. The Hall–Kier alpha value is -1.46. The lowest BCUT2D eigenvalue weighted by Crippen LogP contribution is -2.47. The van der Waals surface area contributed by atoms with Crippen LogP contribution in [0.4, 0.5) is 0 Å². The Balaban J connectivity index is 1.66. The summed E-state index contributed by atoms with van der Waals surface area (Å²) in [5, 5.41) is 2.84. The summed E-state index contributed by atoms with van der Waals surface area (Å²) < 4.78 is 0. The molecule has 0 saturated carbocycles. The Labute approximate surface area is 114 Å². The van der Waals surface area contributed by atoms with Gasteiger partial charge in [-0.25, -0.2) is 0 Å². The van der Waals surface area contributed by atoms with Crippen molar-refractivity contribution in [2.75, 3.05) is 39.3 Å². The normalized spacial score (nSPS) is 17.3. The fraction of sp³-hybridized carbons (Fsp3) is 0.571. The summed E-state index contributed by atoms with van der Waals surface area (Å²) in [6, 6.07) is 4.15. The van der Waals surface area contributed by atoms with Gasteiger partial charge in [0.2, 0.25) is 5.91 Å². The molecule has 1 aliphatic rings. The molecule has 104 valence electrons. The molecule has 1 fully saturated rings.